The highest BCUT2D eigenvalue weighted by Gasteiger charge is 2.03. The Morgan fingerprint density at radius 3 is 2.35 bits per heavy atom. The summed E-state index contributed by atoms with van der Waals surface area (Å²) in [6, 6.07) is 7.45. The van der Waals surface area contributed by atoms with Crippen LogP contribution in [0.4, 0.5) is 0 Å². The van der Waals surface area contributed by atoms with Crippen molar-refractivity contribution in [1.82, 2.24) is 5.32 Å². The molecule has 0 saturated carbocycles. The first-order valence-corrected chi connectivity index (χ1v) is 5.68. The van der Waals surface area contributed by atoms with Gasteiger partial charge >= 0.3 is 0 Å². The van der Waals surface area contributed by atoms with E-state index in [0.717, 1.165) is 11.5 Å². The monoisotopic (exact) mass is 237 g/mol. The number of nitrogens with one attached hydrogen (secondary N) is 1. The Labute approximate surface area is 102 Å². The fourth-order valence-electron chi connectivity index (χ4n) is 1.33. The number of benzene rings is 1. The predicted molar refractivity (Wildman–Crippen MR) is 66.4 cm³/mol. The van der Waals surface area contributed by atoms with Gasteiger partial charge in [0.05, 0.1) is 20.1 Å². The average molecular weight is 237 g/mol. The summed E-state index contributed by atoms with van der Waals surface area (Å²) >= 11 is 0. The molecule has 0 spiro atoms. The molecule has 1 rings (SSSR count). The number of carbonyl (C=O) groups is 1. The molecule has 0 aromatic heterocycles. The van der Waals surface area contributed by atoms with E-state index in [1.165, 1.54) is 0 Å². The Bertz CT molecular complexity index is 346. The van der Waals surface area contributed by atoms with E-state index in [4.69, 9.17) is 9.47 Å². The lowest BCUT2D eigenvalue weighted by Crippen LogP contribution is -2.31. The average Bonchev–Trinajstić information content (AvgIpc) is 2.29. The van der Waals surface area contributed by atoms with Crippen LogP contribution in [0.3, 0.4) is 0 Å². The molecule has 0 atom stereocenters. The molecule has 1 amide bonds. The first kappa shape index (κ1) is 13.4. The molecule has 0 radical (unpaired) electrons. The molecule has 4 heteroatoms. The third kappa shape index (κ3) is 5.24. The van der Waals surface area contributed by atoms with Crippen molar-refractivity contribution in [2.24, 2.45) is 0 Å². The van der Waals surface area contributed by atoms with E-state index in [9.17, 15) is 4.79 Å². The molecule has 0 aliphatic rings. The molecule has 0 saturated heterocycles. The smallest absolute Gasteiger partial charge is 0.223 e. The summed E-state index contributed by atoms with van der Waals surface area (Å²) < 4.78 is 10.5. The highest BCUT2D eigenvalue weighted by atomic mass is 16.5. The van der Waals surface area contributed by atoms with Gasteiger partial charge in [-0.05, 0) is 38.1 Å². The largest absolute Gasteiger partial charge is 0.497 e. The zero-order valence-electron chi connectivity index (χ0n) is 10.5. The van der Waals surface area contributed by atoms with E-state index in [0.29, 0.717) is 13.0 Å². The summed E-state index contributed by atoms with van der Waals surface area (Å²) in [6.07, 6.45) is 0.365. The van der Waals surface area contributed by atoms with Gasteiger partial charge in [0.15, 0.2) is 0 Å². The van der Waals surface area contributed by atoms with E-state index in [1.54, 1.807) is 7.11 Å². The maximum absolute atomic E-state index is 11.3. The van der Waals surface area contributed by atoms with Crippen LogP contribution in [0.2, 0.25) is 0 Å². The summed E-state index contributed by atoms with van der Waals surface area (Å²) in [5.74, 6) is 1.53. The Morgan fingerprint density at radius 2 is 1.82 bits per heavy atom. The number of ether oxygens (including phenoxy) is 2. The number of carbonyl (C=O) groups excluding carboxylic acids is 1. The minimum absolute atomic E-state index is 0.00788. The van der Waals surface area contributed by atoms with E-state index in [1.807, 2.05) is 38.1 Å². The van der Waals surface area contributed by atoms with Gasteiger partial charge in [0.2, 0.25) is 5.91 Å². The topological polar surface area (TPSA) is 47.6 Å². The lowest BCUT2D eigenvalue weighted by atomic mass is 10.3. The normalized spacial score (nSPS) is 10.1. The number of methoxy groups -OCH3 is 1. The maximum atomic E-state index is 11.3. The van der Waals surface area contributed by atoms with Gasteiger partial charge in [-0.25, -0.2) is 0 Å². The van der Waals surface area contributed by atoms with Crippen molar-refractivity contribution in [2.45, 2.75) is 26.3 Å². The summed E-state index contributed by atoms with van der Waals surface area (Å²) in [7, 11) is 1.62. The molecule has 4 nitrogen and oxygen atoms in total. The lowest BCUT2D eigenvalue weighted by molar-refractivity contribution is -0.122. The van der Waals surface area contributed by atoms with Crippen LogP contribution >= 0.6 is 0 Å². The number of rotatable bonds is 6. The molecule has 0 aliphatic carbocycles. The minimum atomic E-state index is 0.00788. The van der Waals surface area contributed by atoms with Crippen molar-refractivity contribution in [3.63, 3.8) is 0 Å². The van der Waals surface area contributed by atoms with Crippen molar-refractivity contribution < 1.29 is 14.3 Å². The van der Waals surface area contributed by atoms with Crippen LogP contribution < -0.4 is 14.8 Å². The van der Waals surface area contributed by atoms with Crippen molar-refractivity contribution in [3.05, 3.63) is 24.3 Å². The predicted octanol–water partition coefficient (Wildman–Crippen LogP) is 1.99. The molecule has 0 unspecified atom stereocenters. The van der Waals surface area contributed by atoms with Crippen molar-refractivity contribution in [2.75, 3.05) is 13.7 Å². The summed E-state index contributed by atoms with van der Waals surface area (Å²) in [6.45, 7) is 4.25. The zero-order valence-corrected chi connectivity index (χ0v) is 10.5. The van der Waals surface area contributed by atoms with Crippen LogP contribution in [0.15, 0.2) is 24.3 Å². The molecular formula is C13H19NO3. The van der Waals surface area contributed by atoms with Gasteiger partial charge < -0.3 is 14.8 Å². The maximum Gasteiger partial charge on any atom is 0.223 e. The van der Waals surface area contributed by atoms with Gasteiger partial charge in [-0.1, -0.05) is 0 Å². The Hall–Kier alpha value is -1.71. The second kappa shape index (κ2) is 6.78. The highest BCUT2D eigenvalue weighted by molar-refractivity contribution is 5.76. The third-order valence-corrected chi connectivity index (χ3v) is 2.11. The van der Waals surface area contributed by atoms with E-state index in [2.05, 4.69) is 5.32 Å². The number of hydrogen-bond donors (Lipinski definition) is 1. The van der Waals surface area contributed by atoms with Gasteiger partial charge in [-0.2, -0.15) is 0 Å². The third-order valence-electron chi connectivity index (χ3n) is 2.11. The molecule has 17 heavy (non-hydrogen) atoms. The first-order chi connectivity index (χ1) is 8.11. The molecule has 0 fully saturated rings. The van der Waals surface area contributed by atoms with Crippen molar-refractivity contribution in [1.29, 1.82) is 0 Å². The van der Waals surface area contributed by atoms with Gasteiger partial charge in [-0.15, -0.1) is 0 Å². The van der Waals surface area contributed by atoms with Crippen molar-refractivity contribution in [3.8, 4) is 11.5 Å². The zero-order chi connectivity index (χ0) is 12.7. The first-order valence-electron chi connectivity index (χ1n) is 5.68. The molecule has 1 aromatic carbocycles. The molecule has 1 N–H and O–H groups in total. The van der Waals surface area contributed by atoms with Crippen molar-refractivity contribution >= 4 is 5.91 Å². The second-order valence-corrected chi connectivity index (χ2v) is 4.00. The van der Waals surface area contributed by atoms with E-state index < -0.39 is 0 Å². The quantitative estimate of drug-likeness (QED) is 0.823. The molecule has 0 aliphatic heterocycles. The van der Waals surface area contributed by atoms with Crippen LogP contribution in [0, 0.1) is 0 Å². The van der Waals surface area contributed by atoms with E-state index in [-0.39, 0.29) is 11.9 Å². The molecule has 1 aromatic rings. The van der Waals surface area contributed by atoms with Crippen LogP contribution in [-0.4, -0.2) is 25.7 Å². The van der Waals surface area contributed by atoms with Gasteiger partial charge in [0.1, 0.15) is 11.5 Å². The van der Waals surface area contributed by atoms with Crippen LogP contribution in [0.25, 0.3) is 0 Å². The lowest BCUT2D eigenvalue weighted by Gasteiger charge is -2.09. The summed E-state index contributed by atoms with van der Waals surface area (Å²) in [4.78, 5) is 11.3. The second-order valence-electron chi connectivity index (χ2n) is 4.00. The fraction of sp³-hybridized carbons (Fsp3) is 0.462. The molecule has 0 bridgehead atoms. The molecule has 0 heterocycles. The van der Waals surface area contributed by atoms with Crippen LogP contribution in [0.5, 0.6) is 11.5 Å². The van der Waals surface area contributed by atoms with E-state index >= 15 is 0 Å². The standard InChI is InChI=1S/C13H19NO3/c1-10(2)14-13(15)8-9-17-12-6-4-11(16-3)5-7-12/h4-7,10H,8-9H2,1-3H3,(H,14,15). The van der Waals surface area contributed by atoms with Crippen LogP contribution in [0.1, 0.15) is 20.3 Å². The molecule has 94 valence electrons. The fourth-order valence-corrected chi connectivity index (χ4v) is 1.33. The Balaban J connectivity index is 2.28. The van der Waals surface area contributed by atoms with Crippen LogP contribution in [-0.2, 0) is 4.79 Å². The summed E-state index contributed by atoms with van der Waals surface area (Å²) in [5.41, 5.74) is 0. The van der Waals surface area contributed by atoms with Gasteiger partial charge in [-0.3, -0.25) is 4.79 Å². The SMILES string of the molecule is COc1ccc(OCCC(=O)NC(C)C)cc1. The number of amides is 1. The number of hydrogen-bond acceptors (Lipinski definition) is 3. The molecular weight excluding hydrogens is 218 g/mol. The van der Waals surface area contributed by atoms with Gasteiger partial charge in [0, 0.05) is 6.04 Å². The Kier molecular flexibility index (Phi) is 5.33. The minimum Gasteiger partial charge on any atom is -0.497 e. The van der Waals surface area contributed by atoms with Gasteiger partial charge in [0.25, 0.3) is 0 Å². The Morgan fingerprint density at radius 1 is 1.24 bits per heavy atom. The highest BCUT2D eigenvalue weighted by Crippen LogP contribution is 2.16. The summed E-state index contributed by atoms with van der Waals surface area (Å²) in [5, 5.41) is 2.81.